The zero-order valence-corrected chi connectivity index (χ0v) is 18.9. The summed E-state index contributed by atoms with van der Waals surface area (Å²) in [5.41, 5.74) is 1.64. The monoisotopic (exact) mass is 442 g/mol. The van der Waals surface area contributed by atoms with Gasteiger partial charge in [0.25, 0.3) is 0 Å². The number of carbonyl (C=O) groups is 2. The molecule has 5 nitrogen and oxygen atoms in total. The third kappa shape index (κ3) is 5.87. The zero-order valence-electron chi connectivity index (χ0n) is 17.3. The van der Waals surface area contributed by atoms with Crippen LogP contribution in [0.1, 0.15) is 39.0 Å². The summed E-state index contributed by atoms with van der Waals surface area (Å²) < 4.78 is 6.91. The van der Waals surface area contributed by atoms with Crippen LogP contribution >= 0.6 is 23.1 Å². The van der Waals surface area contributed by atoms with Crippen LogP contribution < -0.4 is 5.32 Å². The quantitative estimate of drug-likeness (QED) is 0.208. The highest BCUT2D eigenvalue weighted by atomic mass is 32.2. The molecule has 1 heterocycles. The summed E-state index contributed by atoms with van der Waals surface area (Å²) >= 11 is 3.33. The molecule has 0 spiro atoms. The normalized spacial score (nSPS) is 17.9. The standard InChI is InChI=1S/C23H26N2O3S2/c1-3-4-5-6-9-14-29-23-25-19-13-12-16(15-20(19)30-23)24-21(26)17-10-7-8-11-18(17)22(27)28-2/h7-8,12-13,15,17-18H,3-4,9-11,14H2,1-2H3,(H,24,26). The number of nitrogens with zero attached hydrogens (tertiary/aromatic N) is 1. The molecule has 0 bridgehead atoms. The molecule has 0 saturated heterocycles. The van der Waals surface area contributed by atoms with Crippen molar-refractivity contribution in [1.82, 2.24) is 4.98 Å². The van der Waals surface area contributed by atoms with E-state index in [1.54, 1.807) is 23.1 Å². The first kappa shape index (κ1) is 22.4. The number of unbranched alkanes of at least 4 members (excludes halogenated alkanes) is 1. The molecule has 7 heteroatoms. The second-order valence-corrected chi connectivity index (χ2v) is 9.41. The third-order valence-electron chi connectivity index (χ3n) is 4.86. The third-order valence-corrected chi connectivity index (χ3v) is 7.02. The van der Waals surface area contributed by atoms with Gasteiger partial charge in [0.1, 0.15) is 0 Å². The molecule has 1 N–H and O–H groups in total. The first-order valence-electron chi connectivity index (χ1n) is 10.1. The Balaban J connectivity index is 1.62. The average molecular weight is 443 g/mol. The number of hydrogen-bond donors (Lipinski definition) is 1. The van der Waals surface area contributed by atoms with Gasteiger partial charge in [-0.2, -0.15) is 0 Å². The van der Waals surface area contributed by atoms with Crippen LogP contribution in [0.3, 0.4) is 0 Å². The minimum absolute atomic E-state index is 0.154. The molecule has 158 valence electrons. The van der Waals surface area contributed by atoms with Crippen LogP contribution in [0.4, 0.5) is 5.69 Å². The lowest BCUT2D eigenvalue weighted by Gasteiger charge is -2.25. The van der Waals surface area contributed by atoms with E-state index in [9.17, 15) is 9.59 Å². The molecule has 1 aliphatic carbocycles. The lowest BCUT2D eigenvalue weighted by molar-refractivity contribution is -0.149. The van der Waals surface area contributed by atoms with Crippen molar-refractivity contribution in [3.63, 3.8) is 0 Å². The minimum atomic E-state index is -0.435. The maximum absolute atomic E-state index is 12.8. The summed E-state index contributed by atoms with van der Waals surface area (Å²) in [4.78, 5) is 29.5. The predicted molar refractivity (Wildman–Crippen MR) is 124 cm³/mol. The number of esters is 1. The Kier molecular flexibility index (Phi) is 8.35. The number of hydrogen-bond acceptors (Lipinski definition) is 6. The van der Waals surface area contributed by atoms with Crippen LogP contribution in [-0.4, -0.2) is 29.7 Å². The van der Waals surface area contributed by atoms with Crippen LogP contribution in [0.25, 0.3) is 10.2 Å². The molecule has 2 atom stereocenters. The van der Waals surface area contributed by atoms with Gasteiger partial charge in [-0.3, -0.25) is 9.59 Å². The Morgan fingerprint density at radius 3 is 2.77 bits per heavy atom. The van der Waals surface area contributed by atoms with Crippen molar-refractivity contribution in [3.8, 4) is 11.8 Å². The summed E-state index contributed by atoms with van der Waals surface area (Å²) in [7, 11) is 1.36. The maximum Gasteiger partial charge on any atom is 0.309 e. The highest BCUT2D eigenvalue weighted by Crippen LogP contribution is 2.32. The van der Waals surface area contributed by atoms with E-state index in [-0.39, 0.29) is 11.9 Å². The first-order chi connectivity index (χ1) is 14.6. The number of allylic oxidation sites excluding steroid dienone is 2. The molecule has 0 saturated carbocycles. The fourth-order valence-electron chi connectivity index (χ4n) is 3.28. The van der Waals surface area contributed by atoms with Crippen molar-refractivity contribution in [3.05, 3.63) is 30.4 Å². The highest BCUT2D eigenvalue weighted by molar-refractivity contribution is 8.01. The lowest BCUT2D eigenvalue weighted by atomic mass is 9.82. The number of benzene rings is 1. The number of thioether (sulfide) groups is 1. The Morgan fingerprint density at radius 1 is 1.23 bits per heavy atom. The van der Waals surface area contributed by atoms with Crippen LogP contribution in [-0.2, 0) is 14.3 Å². The zero-order chi connectivity index (χ0) is 21.3. The molecule has 1 aromatic carbocycles. The fourth-order valence-corrected chi connectivity index (χ4v) is 5.32. The van der Waals surface area contributed by atoms with Crippen molar-refractivity contribution < 1.29 is 14.3 Å². The Hall–Kier alpha value is -2.30. The number of fused-ring (bicyclic) bond motifs is 1. The molecule has 2 unspecified atom stereocenters. The molecule has 1 aliphatic rings. The molecule has 30 heavy (non-hydrogen) atoms. The summed E-state index contributed by atoms with van der Waals surface area (Å²) in [6, 6.07) is 5.73. The molecule has 0 aliphatic heterocycles. The van der Waals surface area contributed by atoms with E-state index in [2.05, 4.69) is 29.1 Å². The molecule has 3 rings (SSSR count). The van der Waals surface area contributed by atoms with Crippen LogP contribution in [0, 0.1) is 23.7 Å². The Labute approximate surface area is 185 Å². The van der Waals surface area contributed by atoms with Crippen LogP contribution in [0.15, 0.2) is 34.7 Å². The smallest absolute Gasteiger partial charge is 0.309 e. The van der Waals surface area contributed by atoms with Gasteiger partial charge in [0.15, 0.2) is 4.34 Å². The number of anilines is 1. The Bertz CT molecular complexity index is 987. The van der Waals surface area contributed by atoms with Crippen molar-refractivity contribution in [2.24, 2.45) is 11.8 Å². The number of ether oxygens (including phenoxy) is 1. The van der Waals surface area contributed by atoms with Crippen molar-refractivity contribution in [2.75, 3.05) is 18.2 Å². The van der Waals surface area contributed by atoms with Gasteiger partial charge >= 0.3 is 5.97 Å². The maximum atomic E-state index is 12.8. The van der Waals surface area contributed by atoms with E-state index < -0.39 is 11.8 Å². The molecule has 1 amide bonds. The van der Waals surface area contributed by atoms with E-state index in [1.807, 2.05) is 30.4 Å². The number of rotatable bonds is 7. The van der Waals surface area contributed by atoms with Gasteiger partial charge in [0.05, 0.1) is 29.2 Å². The van der Waals surface area contributed by atoms with E-state index in [0.29, 0.717) is 12.8 Å². The molecule has 1 aromatic heterocycles. The average Bonchev–Trinajstić information content (AvgIpc) is 3.17. The number of methoxy groups -OCH3 is 1. The van der Waals surface area contributed by atoms with Gasteiger partial charge < -0.3 is 10.1 Å². The number of thiazole rings is 1. The van der Waals surface area contributed by atoms with Crippen molar-refractivity contribution in [2.45, 2.75) is 43.4 Å². The predicted octanol–water partition coefficient (Wildman–Crippen LogP) is 5.28. The molecule has 0 radical (unpaired) electrons. The minimum Gasteiger partial charge on any atom is -0.469 e. The number of aromatic nitrogens is 1. The SMILES string of the molecule is CCCC#CCCSc1nc2ccc(NC(=O)C3CC=CCC3C(=O)OC)cc2s1. The first-order valence-corrected chi connectivity index (χ1v) is 12.0. The van der Waals surface area contributed by atoms with E-state index in [0.717, 1.165) is 45.3 Å². The second-order valence-electron chi connectivity index (χ2n) is 7.03. The molecule has 0 fully saturated rings. The van der Waals surface area contributed by atoms with Crippen LogP contribution in [0.2, 0.25) is 0 Å². The number of amides is 1. The Morgan fingerprint density at radius 2 is 2.00 bits per heavy atom. The van der Waals surface area contributed by atoms with Gasteiger partial charge in [0.2, 0.25) is 5.91 Å². The van der Waals surface area contributed by atoms with Gasteiger partial charge in [-0.15, -0.1) is 23.2 Å². The molecular weight excluding hydrogens is 416 g/mol. The van der Waals surface area contributed by atoms with Crippen molar-refractivity contribution >= 4 is 50.9 Å². The lowest BCUT2D eigenvalue weighted by Crippen LogP contribution is -2.35. The summed E-state index contributed by atoms with van der Waals surface area (Å²) in [6.07, 6.45) is 7.86. The van der Waals surface area contributed by atoms with Gasteiger partial charge in [-0.1, -0.05) is 30.8 Å². The topological polar surface area (TPSA) is 68.3 Å². The largest absolute Gasteiger partial charge is 0.469 e. The summed E-state index contributed by atoms with van der Waals surface area (Å²) in [6.45, 7) is 2.13. The molecule has 2 aromatic rings. The van der Waals surface area contributed by atoms with E-state index in [4.69, 9.17) is 4.74 Å². The van der Waals surface area contributed by atoms with E-state index in [1.165, 1.54) is 7.11 Å². The summed E-state index contributed by atoms with van der Waals surface area (Å²) in [5.74, 6) is 5.93. The summed E-state index contributed by atoms with van der Waals surface area (Å²) in [5, 5.41) is 2.97. The second kappa shape index (κ2) is 11.2. The van der Waals surface area contributed by atoms with Gasteiger partial charge in [0, 0.05) is 24.3 Å². The highest BCUT2D eigenvalue weighted by Gasteiger charge is 2.34. The molecular formula is C23H26N2O3S2. The number of nitrogens with one attached hydrogen (secondary N) is 1. The number of carbonyl (C=O) groups excluding carboxylic acids is 2. The fraction of sp³-hybridized carbons (Fsp3) is 0.435. The van der Waals surface area contributed by atoms with Gasteiger partial charge in [-0.05, 0) is 37.5 Å². The van der Waals surface area contributed by atoms with E-state index >= 15 is 0 Å². The van der Waals surface area contributed by atoms with Crippen molar-refractivity contribution in [1.29, 1.82) is 0 Å². The van der Waals surface area contributed by atoms with Gasteiger partial charge in [-0.25, -0.2) is 4.98 Å². The van der Waals surface area contributed by atoms with Crippen LogP contribution in [0.5, 0.6) is 0 Å².